The molecule has 264 valence electrons. The van der Waals surface area contributed by atoms with Gasteiger partial charge in [-0.1, -0.05) is 29.3 Å². The van der Waals surface area contributed by atoms with Crippen molar-refractivity contribution in [2.75, 3.05) is 40.4 Å². The van der Waals surface area contributed by atoms with Crippen molar-refractivity contribution >= 4 is 52.4 Å². The van der Waals surface area contributed by atoms with Gasteiger partial charge in [-0.3, -0.25) is 14.6 Å². The number of methoxy groups -OCH3 is 2. The molecule has 3 atom stereocenters. The maximum absolute atomic E-state index is 14.0. The Morgan fingerprint density at radius 2 is 1.53 bits per heavy atom. The average Bonchev–Trinajstić information content (AvgIpc) is 3.72. The van der Waals surface area contributed by atoms with E-state index in [1.165, 1.54) is 51.2 Å². The van der Waals surface area contributed by atoms with Crippen molar-refractivity contribution < 1.29 is 23.9 Å². The van der Waals surface area contributed by atoms with E-state index >= 15 is 0 Å². The van der Waals surface area contributed by atoms with Crippen LogP contribution in [0.5, 0.6) is 0 Å². The first-order chi connectivity index (χ1) is 23.6. The smallest absolute Gasteiger partial charge is 0.336 e. The van der Waals surface area contributed by atoms with Gasteiger partial charge in [0.25, 0.3) is 0 Å². The number of halogens is 2. The maximum atomic E-state index is 14.0. The van der Waals surface area contributed by atoms with E-state index in [0.717, 1.165) is 18.1 Å². The number of hydrogen-bond acceptors (Lipinski definition) is 10. The molecule has 3 unspecified atom stereocenters. The summed E-state index contributed by atoms with van der Waals surface area (Å²) in [5.74, 6) is -2.47. The summed E-state index contributed by atoms with van der Waals surface area (Å²) in [5, 5.41) is 6.65. The Bertz CT molecular complexity index is 1590. The van der Waals surface area contributed by atoms with Crippen molar-refractivity contribution in [3.63, 3.8) is 0 Å². The van der Waals surface area contributed by atoms with Crippen LogP contribution in [0.2, 0.25) is 10.0 Å². The summed E-state index contributed by atoms with van der Waals surface area (Å²) in [6, 6.07) is 7.43. The number of nitrogens with one attached hydrogen (secondary N) is 1. The molecule has 1 amide bonds. The number of aryl methyl sites for hydroxylation is 1. The molecule has 2 aromatic rings. The molecule has 4 aliphatic rings. The van der Waals surface area contributed by atoms with E-state index in [-0.39, 0.29) is 33.5 Å². The second-order valence-corrected chi connectivity index (χ2v) is 15.3. The lowest BCUT2D eigenvalue weighted by molar-refractivity contribution is -0.137. The summed E-state index contributed by atoms with van der Waals surface area (Å²) in [6.45, 7) is 7.46. The van der Waals surface area contributed by atoms with Crippen LogP contribution < -0.4 is 5.32 Å². The number of carbonyl (C=O) groups is 3. The van der Waals surface area contributed by atoms with E-state index < -0.39 is 17.9 Å². The second kappa shape index (κ2) is 15.5. The fourth-order valence-corrected chi connectivity index (χ4v) is 9.69. The molecule has 1 aromatic carbocycles. The van der Waals surface area contributed by atoms with Gasteiger partial charge in [-0.25, -0.2) is 14.6 Å². The minimum absolute atomic E-state index is 0.0882. The number of amides is 1. The van der Waals surface area contributed by atoms with Crippen LogP contribution in [0.1, 0.15) is 68.9 Å². The third-order valence-electron chi connectivity index (χ3n) is 10.6. The first-order valence-electron chi connectivity index (χ1n) is 17.1. The van der Waals surface area contributed by atoms with E-state index in [2.05, 4.69) is 33.9 Å². The number of rotatable bonds is 10. The number of fused-ring (bicyclic) bond motifs is 2. The minimum atomic E-state index is -1.03. The van der Waals surface area contributed by atoms with Crippen molar-refractivity contribution in [3.05, 3.63) is 72.9 Å². The lowest BCUT2D eigenvalue weighted by Gasteiger charge is -2.47. The zero-order valence-corrected chi connectivity index (χ0v) is 30.9. The summed E-state index contributed by atoms with van der Waals surface area (Å²) in [7, 11) is 2.56. The van der Waals surface area contributed by atoms with Crippen molar-refractivity contribution in [1.29, 1.82) is 0 Å². The largest absolute Gasteiger partial charge is 0.466 e. The van der Waals surface area contributed by atoms with E-state index in [0.29, 0.717) is 67.1 Å². The van der Waals surface area contributed by atoms with Gasteiger partial charge in [0.1, 0.15) is 0 Å². The predicted octanol–water partition coefficient (Wildman–Crippen LogP) is 5.56. The zero-order valence-electron chi connectivity index (χ0n) is 28.5. The Labute approximate surface area is 302 Å². The molecule has 0 saturated carbocycles. The highest BCUT2D eigenvalue weighted by molar-refractivity contribution is 7.09. The Hall–Kier alpha value is -2.96. The van der Waals surface area contributed by atoms with Crippen LogP contribution in [0.4, 0.5) is 0 Å². The molecular formula is C36H45Cl2N5O5S. The monoisotopic (exact) mass is 729 g/mol. The van der Waals surface area contributed by atoms with Gasteiger partial charge in [0.05, 0.1) is 42.7 Å². The summed E-state index contributed by atoms with van der Waals surface area (Å²) in [6.07, 6.45) is 7.47. The van der Waals surface area contributed by atoms with Crippen molar-refractivity contribution in [1.82, 2.24) is 25.0 Å². The Morgan fingerprint density at radius 1 is 0.918 bits per heavy atom. The molecule has 6 rings (SSSR count). The number of benzene rings is 1. The van der Waals surface area contributed by atoms with Crippen molar-refractivity contribution in [2.45, 2.75) is 88.9 Å². The van der Waals surface area contributed by atoms with Crippen molar-refractivity contribution in [2.24, 2.45) is 0 Å². The lowest BCUT2D eigenvalue weighted by atomic mass is 9.78. The number of hydrogen-bond donors (Lipinski definition) is 1. The highest BCUT2D eigenvalue weighted by Crippen LogP contribution is 2.46. The van der Waals surface area contributed by atoms with E-state index in [9.17, 15) is 14.4 Å². The summed E-state index contributed by atoms with van der Waals surface area (Å²) >= 11 is 15.0. The SMILES string of the molecule is COC(=O)C1=C(CCc2nccs2)NC(CC(=O)N2CCN(C3CC4CCC(C3)N4C(C)C)CC2)=C(C(=O)OC)C1c1c(Cl)cccc1Cl. The molecule has 3 saturated heterocycles. The highest BCUT2D eigenvalue weighted by atomic mass is 35.5. The van der Waals surface area contributed by atoms with Gasteiger partial charge in [0.2, 0.25) is 5.91 Å². The summed E-state index contributed by atoms with van der Waals surface area (Å²) in [4.78, 5) is 52.8. The molecule has 1 aromatic heterocycles. The molecule has 3 fully saturated rings. The number of allylic oxidation sites excluding steroid dienone is 1. The molecule has 13 heteroatoms. The molecule has 4 aliphatic heterocycles. The van der Waals surface area contributed by atoms with Gasteiger partial charge in [-0.15, -0.1) is 11.3 Å². The summed E-state index contributed by atoms with van der Waals surface area (Å²) in [5.41, 5.74) is 1.55. The third kappa shape index (κ3) is 7.42. The lowest BCUT2D eigenvalue weighted by Crippen LogP contribution is -2.57. The van der Waals surface area contributed by atoms with Crippen molar-refractivity contribution in [3.8, 4) is 0 Å². The van der Waals surface area contributed by atoms with E-state index in [1.807, 2.05) is 10.3 Å². The second-order valence-electron chi connectivity index (χ2n) is 13.5. The number of ether oxygens (including phenoxy) is 2. The van der Waals surface area contributed by atoms with Crippen LogP contribution in [-0.4, -0.2) is 102 Å². The Kier molecular flexibility index (Phi) is 11.4. The number of dihydropyridines is 1. The molecule has 49 heavy (non-hydrogen) atoms. The van der Waals surface area contributed by atoms with E-state index in [4.69, 9.17) is 32.7 Å². The normalized spacial score (nSPS) is 24.8. The van der Waals surface area contributed by atoms with Crippen LogP contribution >= 0.6 is 34.5 Å². The Morgan fingerprint density at radius 3 is 2.08 bits per heavy atom. The Balaban J connectivity index is 1.27. The van der Waals surface area contributed by atoms with Gasteiger partial charge in [0, 0.05) is 95.3 Å². The van der Waals surface area contributed by atoms with E-state index in [1.54, 1.807) is 24.4 Å². The van der Waals surface area contributed by atoms with Gasteiger partial charge >= 0.3 is 11.9 Å². The van der Waals surface area contributed by atoms with Gasteiger partial charge in [-0.05, 0) is 58.1 Å². The van der Waals surface area contributed by atoms with Crippen LogP contribution in [0.15, 0.2) is 52.3 Å². The number of piperidine rings is 1. The number of esters is 2. The molecule has 0 aliphatic carbocycles. The van der Waals surface area contributed by atoms with Crippen LogP contribution in [0, 0.1) is 0 Å². The quantitative estimate of drug-likeness (QED) is 0.315. The summed E-state index contributed by atoms with van der Waals surface area (Å²) < 4.78 is 10.5. The average molecular weight is 731 g/mol. The van der Waals surface area contributed by atoms with Crippen LogP contribution in [0.3, 0.4) is 0 Å². The fraction of sp³-hybridized carbons (Fsp3) is 0.556. The van der Waals surface area contributed by atoms with Gasteiger partial charge < -0.3 is 19.7 Å². The molecule has 0 spiro atoms. The fourth-order valence-electron chi connectivity index (χ4n) is 8.46. The topological polar surface area (TPSA) is 104 Å². The first-order valence-corrected chi connectivity index (χ1v) is 18.8. The standard InChI is InChI=1S/C36H45Cl2N5O5S/c1-21(2)43-22-8-9-23(43)19-24(18-22)41-13-15-42(16-14-41)30(44)20-28-33(36(46)48-4)34(31-25(37)6-5-7-26(31)38)32(35(45)47-3)27(40-28)10-11-29-39-12-17-49-29/h5-7,12,17,21-24,34,40H,8-11,13-16,18-20H2,1-4H3. The molecule has 5 heterocycles. The maximum Gasteiger partial charge on any atom is 0.336 e. The third-order valence-corrected chi connectivity index (χ3v) is 12.1. The molecular weight excluding hydrogens is 685 g/mol. The highest BCUT2D eigenvalue weighted by Gasteiger charge is 2.45. The number of carbonyl (C=O) groups excluding carboxylic acids is 3. The minimum Gasteiger partial charge on any atom is -0.466 e. The van der Waals surface area contributed by atoms with Crippen LogP contribution in [0.25, 0.3) is 0 Å². The number of nitrogens with zero attached hydrogens (tertiary/aromatic N) is 4. The van der Waals surface area contributed by atoms with Gasteiger partial charge in [0.15, 0.2) is 0 Å². The number of aromatic nitrogens is 1. The molecule has 1 N–H and O–H groups in total. The zero-order chi connectivity index (χ0) is 34.8. The van der Waals surface area contributed by atoms with Crippen LogP contribution in [-0.2, 0) is 30.3 Å². The molecule has 0 radical (unpaired) electrons. The predicted molar refractivity (Wildman–Crippen MR) is 190 cm³/mol. The number of thiazole rings is 1. The molecule has 10 nitrogen and oxygen atoms in total. The van der Waals surface area contributed by atoms with Gasteiger partial charge in [-0.2, -0.15) is 0 Å². The number of piperazine rings is 1. The first kappa shape index (κ1) is 35.9. The molecule has 2 bridgehead atoms.